The van der Waals surface area contributed by atoms with Crippen LogP contribution in [-0.4, -0.2) is 29.3 Å². The van der Waals surface area contributed by atoms with Crippen LogP contribution < -0.4 is 21.3 Å². The molecule has 2 aromatic carbocycles. The molecule has 0 fully saturated rings. The molecule has 162 valence electrons. The lowest BCUT2D eigenvalue weighted by atomic mass is 10.1. The molecule has 9 nitrogen and oxygen atoms in total. The van der Waals surface area contributed by atoms with Crippen LogP contribution in [0.5, 0.6) is 0 Å². The fraction of sp³-hybridized carbons (Fsp3) is 0. The number of benzene rings is 2. The van der Waals surface area contributed by atoms with E-state index in [4.69, 9.17) is 14.7 Å². The van der Waals surface area contributed by atoms with Crippen molar-refractivity contribution >= 4 is 28.6 Å². The molecule has 2 heterocycles. The van der Waals surface area contributed by atoms with Gasteiger partial charge in [0.2, 0.25) is 10.0 Å². The molecule has 0 aliphatic heterocycles. The van der Waals surface area contributed by atoms with E-state index in [1.54, 1.807) is 24.3 Å². The third-order valence-corrected chi connectivity index (χ3v) is 5.67. The molecule has 0 bridgehead atoms. The highest BCUT2D eigenvalue weighted by Gasteiger charge is 2.11. The van der Waals surface area contributed by atoms with Crippen molar-refractivity contribution in [3.63, 3.8) is 0 Å². The maximum atomic E-state index is 12.9. The minimum absolute atomic E-state index is 0.0717. The summed E-state index contributed by atoms with van der Waals surface area (Å²) in [6.07, 6.45) is 1.51. The van der Waals surface area contributed by atoms with Crippen molar-refractivity contribution in [1.29, 1.82) is 0 Å². The first kappa shape index (κ1) is 21.1. The molecular weight excluding hydrogens is 434 g/mol. The summed E-state index contributed by atoms with van der Waals surface area (Å²) in [5, 5.41) is 17.7. The van der Waals surface area contributed by atoms with Gasteiger partial charge in [0, 0.05) is 5.56 Å². The number of nitrogens with one attached hydrogen (secondary N) is 1. The Balaban J connectivity index is 1.72. The highest BCUT2D eigenvalue weighted by Crippen LogP contribution is 2.23. The molecular formula is C22H17N3O6S. The molecule has 10 heteroatoms. The van der Waals surface area contributed by atoms with E-state index in [9.17, 15) is 18.0 Å². The second kappa shape index (κ2) is 7.84. The van der Waals surface area contributed by atoms with Crippen molar-refractivity contribution in [2.24, 2.45) is 5.14 Å². The Kier molecular flexibility index (Phi) is 5.17. The predicted octanol–water partition coefficient (Wildman–Crippen LogP) is 1.01. The van der Waals surface area contributed by atoms with Gasteiger partial charge in [0.1, 0.15) is 11.5 Å². The molecule has 0 saturated carbocycles. The number of furan rings is 1. The fourth-order valence-corrected chi connectivity index (χ4v) is 3.66. The number of nitrogens with two attached hydrogens (primary N) is 1. The number of nitrogens with zero attached hydrogens (tertiary/aromatic N) is 1. The first-order valence-electron chi connectivity index (χ1n) is 9.22. The number of hydrogen-bond acceptors (Lipinski definition) is 5. The quantitative estimate of drug-likeness (QED) is 0.412. The average Bonchev–Trinajstić information content (AvgIpc) is 3.34. The number of aromatic carboxylic acids is 1. The van der Waals surface area contributed by atoms with Gasteiger partial charge in [0.05, 0.1) is 26.7 Å². The van der Waals surface area contributed by atoms with Crippen molar-refractivity contribution in [3.8, 4) is 17.0 Å². The number of carbonyl (C=O) groups is 1. The lowest BCUT2D eigenvalue weighted by Crippen LogP contribution is -2.33. The van der Waals surface area contributed by atoms with E-state index in [1.807, 2.05) is 0 Å². The molecule has 0 radical (unpaired) electrons. The van der Waals surface area contributed by atoms with Gasteiger partial charge >= 0.3 is 5.97 Å². The van der Waals surface area contributed by atoms with Gasteiger partial charge in [0.15, 0.2) is 0 Å². The van der Waals surface area contributed by atoms with Crippen molar-refractivity contribution in [2.45, 2.75) is 4.90 Å². The number of rotatable bonds is 5. The Bertz CT molecular complexity index is 1610. The number of hydrogen-bond donors (Lipinski definition) is 3. The first-order valence-corrected chi connectivity index (χ1v) is 10.8. The van der Waals surface area contributed by atoms with Crippen LogP contribution in [0.4, 0.5) is 0 Å². The summed E-state index contributed by atoms with van der Waals surface area (Å²) in [6, 6.07) is 15.1. The number of H-pyrrole nitrogens is 1. The summed E-state index contributed by atoms with van der Waals surface area (Å²) in [5.41, 5.74) is 0.703. The average molecular weight is 451 g/mol. The predicted molar refractivity (Wildman–Crippen MR) is 117 cm³/mol. The van der Waals surface area contributed by atoms with Gasteiger partial charge in [0.25, 0.3) is 5.56 Å². The topological polar surface area (TPSA) is 148 Å². The maximum absolute atomic E-state index is 12.9. The lowest BCUT2D eigenvalue weighted by molar-refractivity contribution is 0.0697. The van der Waals surface area contributed by atoms with E-state index in [1.165, 1.54) is 47.2 Å². The molecule has 0 saturated heterocycles. The molecule has 0 spiro atoms. The fourth-order valence-electron chi connectivity index (χ4n) is 3.14. The summed E-state index contributed by atoms with van der Waals surface area (Å²) in [5.74, 6) is -0.227. The molecule has 0 atom stereocenters. The lowest BCUT2D eigenvalue weighted by Gasteiger charge is -2.02. The molecule has 4 rings (SSSR count). The van der Waals surface area contributed by atoms with E-state index >= 15 is 0 Å². The third-order valence-electron chi connectivity index (χ3n) is 4.74. The van der Waals surface area contributed by atoms with Gasteiger partial charge < -0.3 is 9.52 Å². The molecule has 0 aliphatic carbocycles. The van der Waals surface area contributed by atoms with Crippen molar-refractivity contribution in [1.82, 2.24) is 9.78 Å². The van der Waals surface area contributed by atoms with E-state index < -0.39 is 21.6 Å². The Hall–Kier alpha value is -4.15. The number of aromatic nitrogens is 2. The number of carboxylic acids is 1. The van der Waals surface area contributed by atoms with Gasteiger partial charge in [-0.1, -0.05) is 18.7 Å². The van der Waals surface area contributed by atoms with Crippen LogP contribution in [0, 0.1) is 0 Å². The minimum Gasteiger partial charge on any atom is -0.478 e. The zero-order valence-electron chi connectivity index (χ0n) is 16.5. The van der Waals surface area contributed by atoms with E-state index in [0.717, 1.165) is 0 Å². The van der Waals surface area contributed by atoms with Crippen LogP contribution in [0.25, 0.3) is 29.7 Å². The molecule has 4 N–H and O–H groups in total. The number of aromatic amines is 1. The van der Waals surface area contributed by atoms with E-state index in [2.05, 4.69) is 11.7 Å². The molecule has 2 aromatic heterocycles. The van der Waals surface area contributed by atoms with Crippen LogP contribution in [-0.2, 0) is 10.0 Å². The zero-order valence-corrected chi connectivity index (χ0v) is 17.3. The van der Waals surface area contributed by atoms with Gasteiger partial charge in [-0.2, -0.15) is 0 Å². The monoisotopic (exact) mass is 451 g/mol. The second-order valence-electron chi connectivity index (χ2n) is 6.92. The van der Waals surface area contributed by atoms with Crippen molar-refractivity contribution in [3.05, 3.63) is 92.9 Å². The van der Waals surface area contributed by atoms with Crippen LogP contribution in [0.1, 0.15) is 16.1 Å². The van der Waals surface area contributed by atoms with Gasteiger partial charge in [-0.3, -0.25) is 9.89 Å². The third kappa shape index (κ3) is 4.04. The normalized spacial score (nSPS) is 12.2. The number of carboxylic acid groups (broad SMARTS) is 1. The molecule has 0 aliphatic rings. The highest BCUT2D eigenvalue weighted by atomic mass is 32.2. The zero-order chi connectivity index (χ0) is 23.0. The Labute approximate surface area is 181 Å². The Morgan fingerprint density at radius 2 is 1.84 bits per heavy atom. The minimum atomic E-state index is -3.84. The standard InChI is InChI=1S/C22H17N3O6S/c1-13-19(21(26)25(24-13)16-5-8-18(9-6-16)32(23,29)30)12-17-7-10-20(31-17)14-3-2-4-15(11-14)22(27)28/h2-12,24H,1H2,(H,27,28)(H2,23,29,30)/b19-12-. The molecule has 4 aromatic rings. The van der Waals surface area contributed by atoms with Crippen LogP contribution in [0.3, 0.4) is 0 Å². The van der Waals surface area contributed by atoms with E-state index in [-0.39, 0.29) is 15.7 Å². The number of primary sulfonamides is 1. The Morgan fingerprint density at radius 1 is 1.12 bits per heavy atom. The Morgan fingerprint density at radius 3 is 2.50 bits per heavy atom. The van der Waals surface area contributed by atoms with Crippen molar-refractivity contribution in [2.75, 3.05) is 0 Å². The highest BCUT2D eigenvalue weighted by molar-refractivity contribution is 7.89. The van der Waals surface area contributed by atoms with Gasteiger partial charge in [-0.15, -0.1) is 0 Å². The van der Waals surface area contributed by atoms with Crippen LogP contribution in [0.2, 0.25) is 0 Å². The van der Waals surface area contributed by atoms with Gasteiger partial charge in [-0.25, -0.2) is 23.0 Å². The first-order chi connectivity index (χ1) is 15.1. The van der Waals surface area contributed by atoms with Crippen LogP contribution in [0.15, 0.2) is 74.8 Å². The smallest absolute Gasteiger partial charge is 0.335 e. The summed E-state index contributed by atoms with van der Waals surface area (Å²) >= 11 is 0. The number of sulfonamides is 1. The van der Waals surface area contributed by atoms with Crippen LogP contribution >= 0.6 is 0 Å². The van der Waals surface area contributed by atoms with E-state index in [0.29, 0.717) is 28.1 Å². The maximum Gasteiger partial charge on any atom is 0.335 e. The summed E-state index contributed by atoms with van der Waals surface area (Å²) in [6.45, 7) is 3.85. The largest absolute Gasteiger partial charge is 0.478 e. The molecule has 0 unspecified atom stereocenters. The second-order valence-corrected chi connectivity index (χ2v) is 8.48. The van der Waals surface area contributed by atoms with Crippen molar-refractivity contribution < 1.29 is 22.7 Å². The summed E-state index contributed by atoms with van der Waals surface area (Å²) < 4.78 is 29.8. The molecule has 0 amide bonds. The summed E-state index contributed by atoms with van der Waals surface area (Å²) in [7, 11) is -3.84. The van der Waals surface area contributed by atoms with Gasteiger partial charge in [-0.05, 0) is 54.6 Å². The SMILES string of the molecule is C=c1[nH]n(-c2ccc(S(N)(=O)=O)cc2)c(=O)/c1=C\c1ccc(-c2cccc(C(=O)O)c2)o1. The molecule has 32 heavy (non-hydrogen) atoms. The summed E-state index contributed by atoms with van der Waals surface area (Å²) in [4.78, 5) is 24.0.